The minimum Gasteiger partial charge on any atom is -0.218 e. The molecule has 0 unspecified atom stereocenters. The first kappa shape index (κ1) is 13.0. The van der Waals surface area contributed by atoms with E-state index in [4.69, 9.17) is 0 Å². The van der Waals surface area contributed by atoms with Crippen LogP contribution in [0.1, 0.15) is 0 Å². The Labute approximate surface area is 89.8 Å². The summed E-state index contributed by atoms with van der Waals surface area (Å²) in [5, 5.41) is 0. The smallest absolute Gasteiger partial charge is 0.218 e. The Bertz CT molecular complexity index is 575. The fourth-order valence-corrected chi connectivity index (χ4v) is 2.08. The minimum atomic E-state index is -4.97. The van der Waals surface area contributed by atoms with Gasteiger partial charge in [-0.1, -0.05) is 0 Å². The lowest BCUT2D eigenvalue weighted by Crippen LogP contribution is -2.11. The third kappa shape index (κ3) is 2.53. The lowest BCUT2D eigenvalue weighted by molar-refractivity contribution is 0.234. The summed E-state index contributed by atoms with van der Waals surface area (Å²) in [6.45, 7) is 0. The Morgan fingerprint density at radius 2 is 1.25 bits per heavy atom. The standard InChI is InChI=1S/C7H5F3O4S2/c8-7(9)15(11,12)5-1-3-6(4-2-5)16(10,13)14/h1-4,7H. The third-order valence-corrected chi connectivity index (χ3v) is 3.90. The quantitative estimate of drug-likeness (QED) is 0.780. The molecule has 0 amide bonds. The maximum atomic E-state index is 12.4. The number of hydrogen-bond acceptors (Lipinski definition) is 4. The van der Waals surface area contributed by atoms with E-state index in [1.165, 1.54) is 0 Å². The zero-order chi connectivity index (χ0) is 12.6. The molecule has 0 bridgehead atoms. The van der Waals surface area contributed by atoms with Crippen LogP contribution in [0.25, 0.3) is 0 Å². The van der Waals surface area contributed by atoms with Crippen LogP contribution in [0.4, 0.5) is 12.7 Å². The van der Waals surface area contributed by atoms with E-state index >= 15 is 0 Å². The van der Waals surface area contributed by atoms with Crippen LogP contribution in [0.5, 0.6) is 0 Å². The van der Waals surface area contributed by atoms with E-state index in [2.05, 4.69) is 0 Å². The molecule has 0 fully saturated rings. The predicted molar refractivity (Wildman–Crippen MR) is 47.9 cm³/mol. The van der Waals surface area contributed by atoms with Crippen LogP contribution in [-0.4, -0.2) is 22.6 Å². The van der Waals surface area contributed by atoms with Gasteiger partial charge in [0.25, 0.3) is 0 Å². The second-order valence-corrected chi connectivity index (χ2v) is 5.98. The molecule has 16 heavy (non-hydrogen) atoms. The van der Waals surface area contributed by atoms with Crippen molar-refractivity contribution in [3.63, 3.8) is 0 Å². The van der Waals surface area contributed by atoms with Crippen molar-refractivity contribution < 1.29 is 29.5 Å². The van der Waals surface area contributed by atoms with Crippen molar-refractivity contribution in [3.8, 4) is 0 Å². The summed E-state index contributed by atoms with van der Waals surface area (Å²) < 4.78 is 79.0. The molecule has 4 nitrogen and oxygen atoms in total. The summed E-state index contributed by atoms with van der Waals surface area (Å²) in [5.41, 5.74) is 0. The fourth-order valence-electron chi connectivity index (χ4n) is 0.895. The van der Waals surface area contributed by atoms with Crippen molar-refractivity contribution in [2.45, 2.75) is 15.5 Å². The molecule has 0 radical (unpaired) electrons. The van der Waals surface area contributed by atoms with Crippen LogP contribution < -0.4 is 0 Å². The Kier molecular flexibility index (Phi) is 3.29. The maximum absolute atomic E-state index is 12.4. The van der Waals surface area contributed by atoms with Crippen molar-refractivity contribution in [1.82, 2.24) is 0 Å². The number of benzene rings is 1. The third-order valence-electron chi connectivity index (χ3n) is 1.67. The fraction of sp³-hybridized carbons (Fsp3) is 0.143. The Hall–Kier alpha value is -1.09. The molecule has 0 aliphatic carbocycles. The molecule has 1 aromatic rings. The Morgan fingerprint density at radius 1 is 0.875 bits per heavy atom. The van der Waals surface area contributed by atoms with Crippen LogP contribution in [0.2, 0.25) is 0 Å². The van der Waals surface area contributed by atoms with E-state index in [0.717, 1.165) is 0 Å². The van der Waals surface area contributed by atoms with Gasteiger partial charge in [-0.05, 0) is 24.3 Å². The average Bonchev–Trinajstić information content (AvgIpc) is 2.16. The van der Waals surface area contributed by atoms with Crippen LogP contribution >= 0.6 is 0 Å². The summed E-state index contributed by atoms with van der Waals surface area (Å²) in [6.07, 6.45) is 0. The van der Waals surface area contributed by atoms with Crippen molar-refractivity contribution in [2.24, 2.45) is 0 Å². The van der Waals surface area contributed by atoms with Crippen molar-refractivity contribution in [3.05, 3.63) is 24.3 Å². The summed E-state index contributed by atoms with van der Waals surface area (Å²) in [5.74, 6) is -3.61. The second-order valence-electron chi connectivity index (χ2n) is 2.71. The summed E-state index contributed by atoms with van der Waals surface area (Å²) in [6, 6.07) is 2.41. The molecule has 0 spiro atoms. The second kappa shape index (κ2) is 4.06. The van der Waals surface area contributed by atoms with Gasteiger partial charge in [-0.2, -0.15) is 17.2 Å². The maximum Gasteiger partial charge on any atom is 0.341 e. The normalized spacial score (nSPS) is 13.0. The topological polar surface area (TPSA) is 68.3 Å². The summed E-state index contributed by atoms with van der Waals surface area (Å²) in [4.78, 5) is -1.56. The highest BCUT2D eigenvalue weighted by molar-refractivity contribution is 7.91. The van der Waals surface area contributed by atoms with Crippen molar-refractivity contribution >= 4 is 20.1 Å². The molecular weight excluding hydrogens is 269 g/mol. The summed E-state index contributed by atoms with van der Waals surface area (Å²) >= 11 is 0. The zero-order valence-corrected chi connectivity index (χ0v) is 9.10. The van der Waals surface area contributed by atoms with Crippen LogP contribution in [0.3, 0.4) is 0 Å². The molecule has 1 rings (SSSR count). The van der Waals surface area contributed by atoms with Gasteiger partial charge in [0.15, 0.2) is 0 Å². The highest BCUT2D eigenvalue weighted by Crippen LogP contribution is 2.20. The highest BCUT2D eigenvalue weighted by Gasteiger charge is 2.26. The van der Waals surface area contributed by atoms with E-state index in [1.54, 1.807) is 0 Å². The molecule has 0 aliphatic heterocycles. The van der Waals surface area contributed by atoms with E-state index in [-0.39, 0.29) is 0 Å². The Morgan fingerprint density at radius 3 is 1.56 bits per heavy atom. The number of halogens is 3. The Balaban J connectivity index is 3.25. The van der Waals surface area contributed by atoms with Crippen LogP contribution in [-0.2, 0) is 20.1 Å². The monoisotopic (exact) mass is 274 g/mol. The zero-order valence-electron chi connectivity index (χ0n) is 7.47. The SMILES string of the molecule is O=S(=O)(F)c1ccc(S(=O)(=O)C(F)F)cc1. The summed E-state index contributed by atoms with van der Waals surface area (Å²) in [7, 11) is -9.76. The van der Waals surface area contributed by atoms with Gasteiger partial charge < -0.3 is 0 Å². The molecular formula is C7H5F3O4S2. The first-order valence-corrected chi connectivity index (χ1v) is 6.65. The minimum absolute atomic E-state index is 0.602. The van der Waals surface area contributed by atoms with Gasteiger partial charge in [-0.3, -0.25) is 0 Å². The van der Waals surface area contributed by atoms with Gasteiger partial charge in [0, 0.05) is 0 Å². The van der Waals surface area contributed by atoms with Gasteiger partial charge in [0.1, 0.15) is 0 Å². The molecule has 90 valence electrons. The molecule has 0 aromatic heterocycles. The van der Waals surface area contributed by atoms with Gasteiger partial charge in [0.2, 0.25) is 9.84 Å². The van der Waals surface area contributed by atoms with E-state index in [0.29, 0.717) is 24.3 Å². The number of alkyl halides is 2. The predicted octanol–water partition coefficient (Wildman–Crippen LogP) is 1.34. The molecule has 0 aliphatic rings. The first-order chi connectivity index (χ1) is 7.15. The largest absolute Gasteiger partial charge is 0.341 e. The van der Waals surface area contributed by atoms with E-state index in [9.17, 15) is 29.5 Å². The molecule has 1 aromatic carbocycles. The lowest BCUT2D eigenvalue weighted by atomic mass is 10.4. The van der Waals surface area contributed by atoms with Crippen molar-refractivity contribution in [1.29, 1.82) is 0 Å². The number of sulfone groups is 1. The van der Waals surface area contributed by atoms with E-state index < -0.39 is 35.6 Å². The average molecular weight is 274 g/mol. The van der Waals surface area contributed by atoms with Gasteiger partial charge in [0.05, 0.1) is 9.79 Å². The lowest BCUT2D eigenvalue weighted by Gasteiger charge is -2.02. The highest BCUT2D eigenvalue weighted by atomic mass is 32.3. The van der Waals surface area contributed by atoms with Crippen LogP contribution in [0, 0.1) is 0 Å². The number of rotatable bonds is 3. The van der Waals surface area contributed by atoms with Gasteiger partial charge in [-0.15, -0.1) is 3.89 Å². The molecule has 0 N–H and O–H groups in total. The van der Waals surface area contributed by atoms with Crippen molar-refractivity contribution in [2.75, 3.05) is 0 Å². The molecule has 0 saturated heterocycles. The molecule has 0 heterocycles. The van der Waals surface area contributed by atoms with Gasteiger partial charge >= 0.3 is 16.0 Å². The van der Waals surface area contributed by atoms with Crippen LogP contribution in [0.15, 0.2) is 34.1 Å². The molecule has 0 atom stereocenters. The van der Waals surface area contributed by atoms with Gasteiger partial charge in [-0.25, -0.2) is 8.42 Å². The van der Waals surface area contributed by atoms with E-state index in [1.807, 2.05) is 0 Å². The molecule has 0 saturated carbocycles. The first-order valence-electron chi connectivity index (χ1n) is 3.72. The molecule has 9 heteroatoms. The number of hydrogen-bond donors (Lipinski definition) is 0.